The number of carboxylic acids is 2. The smallest absolute Gasteiger partial charge is 0.416 e. The number of alkyl halides is 3. The Morgan fingerprint density at radius 3 is 2.33 bits per heavy atom. The third-order valence-corrected chi connectivity index (χ3v) is 3.89. The summed E-state index contributed by atoms with van der Waals surface area (Å²) in [6, 6.07) is 10.1. The van der Waals surface area contributed by atoms with Gasteiger partial charge in [0.1, 0.15) is 11.3 Å². The first-order valence-electron chi connectivity index (χ1n) is 9.07. The number of amides is 2. The average molecular weight is 466 g/mol. The second-order valence-electron chi connectivity index (χ2n) is 6.43. The van der Waals surface area contributed by atoms with Crippen LogP contribution in [0.15, 0.2) is 54.1 Å². The second-order valence-corrected chi connectivity index (χ2v) is 6.43. The summed E-state index contributed by atoms with van der Waals surface area (Å²) in [7, 11) is 0. The fourth-order valence-electron chi connectivity index (χ4n) is 2.59. The number of carboxylic acid groups (broad SMARTS) is 2. The monoisotopic (exact) mass is 466 g/mol. The van der Waals surface area contributed by atoms with E-state index in [1.165, 1.54) is 24.3 Å². The van der Waals surface area contributed by atoms with E-state index >= 15 is 0 Å². The van der Waals surface area contributed by atoms with Crippen molar-refractivity contribution in [1.29, 1.82) is 0 Å². The molecule has 0 aliphatic carbocycles. The van der Waals surface area contributed by atoms with Crippen molar-refractivity contribution >= 4 is 35.5 Å². The normalized spacial score (nSPS) is 14.4. The SMILES string of the molecule is CC(=O)O.O=C(O)COc1ccccc1C=C1C(=O)NN(c2cccc(C(F)(F)F)c2)C1=O. The van der Waals surface area contributed by atoms with Crippen LogP contribution in [0.4, 0.5) is 18.9 Å². The summed E-state index contributed by atoms with van der Waals surface area (Å²) >= 11 is 0. The minimum atomic E-state index is -4.61. The maximum Gasteiger partial charge on any atom is 0.416 e. The van der Waals surface area contributed by atoms with Crippen molar-refractivity contribution in [3.63, 3.8) is 0 Å². The molecule has 3 N–H and O–H groups in total. The van der Waals surface area contributed by atoms with Gasteiger partial charge in [-0.25, -0.2) is 9.80 Å². The fraction of sp³-hybridized carbons (Fsp3) is 0.143. The Labute approximate surface area is 184 Å². The van der Waals surface area contributed by atoms with E-state index in [0.717, 1.165) is 25.1 Å². The van der Waals surface area contributed by atoms with Crippen LogP contribution in [-0.4, -0.2) is 40.6 Å². The highest BCUT2D eigenvalue weighted by atomic mass is 19.4. The van der Waals surface area contributed by atoms with Gasteiger partial charge < -0.3 is 14.9 Å². The number of rotatable bonds is 5. The van der Waals surface area contributed by atoms with Crippen LogP contribution >= 0.6 is 0 Å². The maximum absolute atomic E-state index is 12.9. The van der Waals surface area contributed by atoms with Gasteiger partial charge in [0, 0.05) is 12.5 Å². The molecule has 0 saturated carbocycles. The molecule has 1 aliphatic heterocycles. The summed E-state index contributed by atoms with van der Waals surface area (Å²) in [5, 5.41) is 16.9. The topological polar surface area (TPSA) is 133 Å². The second kappa shape index (κ2) is 10.3. The summed E-state index contributed by atoms with van der Waals surface area (Å²) in [5.74, 6) is -3.60. The molecule has 0 aromatic heterocycles. The van der Waals surface area contributed by atoms with Crippen LogP contribution in [0.2, 0.25) is 0 Å². The quantitative estimate of drug-likeness (QED) is 0.456. The number of hydrogen-bond acceptors (Lipinski definition) is 5. The highest BCUT2D eigenvalue weighted by Gasteiger charge is 2.36. The molecule has 0 spiro atoms. The minimum absolute atomic E-state index is 0.125. The van der Waals surface area contributed by atoms with Gasteiger partial charge in [0.25, 0.3) is 17.8 Å². The molecule has 33 heavy (non-hydrogen) atoms. The van der Waals surface area contributed by atoms with Gasteiger partial charge in [-0.2, -0.15) is 13.2 Å². The zero-order chi connectivity index (χ0) is 24.8. The molecule has 0 unspecified atom stereocenters. The van der Waals surface area contributed by atoms with Gasteiger partial charge in [-0.3, -0.25) is 19.8 Å². The van der Waals surface area contributed by atoms with Gasteiger partial charge in [0.15, 0.2) is 6.61 Å². The van der Waals surface area contributed by atoms with E-state index in [0.29, 0.717) is 5.01 Å². The number of para-hydroxylation sites is 1. The van der Waals surface area contributed by atoms with Crippen molar-refractivity contribution in [2.75, 3.05) is 11.6 Å². The van der Waals surface area contributed by atoms with Crippen molar-refractivity contribution in [2.24, 2.45) is 0 Å². The Morgan fingerprint density at radius 2 is 1.73 bits per heavy atom. The van der Waals surface area contributed by atoms with Crippen LogP contribution < -0.4 is 15.2 Å². The molecule has 2 aromatic rings. The molecule has 2 amide bonds. The van der Waals surface area contributed by atoms with E-state index in [2.05, 4.69) is 5.43 Å². The van der Waals surface area contributed by atoms with E-state index in [4.69, 9.17) is 19.7 Å². The van der Waals surface area contributed by atoms with E-state index in [1.807, 2.05) is 0 Å². The van der Waals surface area contributed by atoms with Crippen molar-refractivity contribution in [1.82, 2.24) is 5.43 Å². The van der Waals surface area contributed by atoms with Crippen LogP contribution in [-0.2, 0) is 25.4 Å². The molecule has 0 atom stereocenters. The zero-order valence-corrected chi connectivity index (χ0v) is 16.9. The number of ether oxygens (including phenoxy) is 1. The lowest BCUT2D eigenvalue weighted by Crippen LogP contribution is -2.35. The molecule has 1 fully saturated rings. The average Bonchev–Trinajstić information content (AvgIpc) is 3.00. The highest BCUT2D eigenvalue weighted by molar-refractivity contribution is 6.31. The van der Waals surface area contributed by atoms with Crippen molar-refractivity contribution in [3.05, 3.63) is 65.2 Å². The number of aliphatic carboxylic acids is 2. The Hall–Kier alpha value is -4.35. The fourth-order valence-corrected chi connectivity index (χ4v) is 2.59. The molecule has 1 saturated heterocycles. The number of benzene rings is 2. The number of halogens is 3. The first-order chi connectivity index (χ1) is 15.4. The number of nitrogens with one attached hydrogen (secondary N) is 1. The maximum atomic E-state index is 12.9. The number of hydrogen-bond donors (Lipinski definition) is 3. The van der Waals surface area contributed by atoms with Gasteiger partial charge in [-0.15, -0.1) is 0 Å². The summed E-state index contributed by atoms with van der Waals surface area (Å²) in [6.07, 6.45) is -3.43. The molecule has 174 valence electrons. The predicted molar refractivity (Wildman–Crippen MR) is 108 cm³/mol. The molecule has 12 heteroatoms. The van der Waals surface area contributed by atoms with E-state index in [-0.39, 0.29) is 22.6 Å². The Balaban J connectivity index is 0.000000890. The Morgan fingerprint density at radius 1 is 1.09 bits per heavy atom. The van der Waals surface area contributed by atoms with Crippen LogP contribution in [0.3, 0.4) is 0 Å². The van der Waals surface area contributed by atoms with Gasteiger partial charge >= 0.3 is 12.1 Å². The van der Waals surface area contributed by atoms with Crippen molar-refractivity contribution in [3.8, 4) is 5.75 Å². The van der Waals surface area contributed by atoms with E-state index in [9.17, 15) is 27.6 Å². The summed E-state index contributed by atoms with van der Waals surface area (Å²) < 4.78 is 43.8. The number of carbonyl (C=O) groups excluding carboxylic acids is 2. The Bertz CT molecular complexity index is 1110. The molecular formula is C21H17F3N2O7. The Kier molecular flexibility index (Phi) is 7.78. The molecule has 1 heterocycles. The lowest BCUT2D eigenvalue weighted by molar-refractivity contribution is -0.139. The van der Waals surface area contributed by atoms with E-state index < -0.39 is 42.1 Å². The predicted octanol–water partition coefficient (Wildman–Crippen LogP) is 2.72. The van der Waals surface area contributed by atoms with Gasteiger partial charge in [-0.05, 0) is 30.3 Å². The lowest BCUT2D eigenvalue weighted by Gasteiger charge is -2.16. The summed E-state index contributed by atoms with van der Waals surface area (Å²) in [6.45, 7) is 0.455. The molecule has 9 nitrogen and oxygen atoms in total. The van der Waals surface area contributed by atoms with Crippen molar-refractivity contribution < 1.29 is 47.3 Å². The third-order valence-electron chi connectivity index (χ3n) is 3.89. The van der Waals surface area contributed by atoms with E-state index in [1.54, 1.807) is 12.1 Å². The van der Waals surface area contributed by atoms with Gasteiger partial charge in [-0.1, -0.05) is 24.3 Å². The van der Waals surface area contributed by atoms with Crippen LogP contribution in [0.25, 0.3) is 6.08 Å². The van der Waals surface area contributed by atoms with Crippen molar-refractivity contribution in [2.45, 2.75) is 13.1 Å². The molecule has 3 rings (SSSR count). The molecular weight excluding hydrogens is 449 g/mol. The van der Waals surface area contributed by atoms with Crippen LogP contribution in [0.5, 0.6) is 5.75 Å². The molecule has 0 bridgehead atoms. The minimum Gasteiger partial charge on any atom is -0.481 e. The molecule has 1 aliphatic rings. The lowest BCUT2D eigenvalue weighted by atomic mass is 10.1. The summed E-state index contributed by atoms with van der Waals surface area (Å²) in [5.41, 5.74) is 1.01. The van der Waals surface area contributed by atoms with Crippen LogP contribution in [0, 0.1) is 0 Å². The first-order valence-corrected chi connectivity index (χ1v) is 9.07. The molecule has 0 radical (unpaired) electrons. The third kappa shape index (κ3) is 6.82. The number of anilines is 1. The molecule has 2 aromatic carbocycles. The standard InChI is InChI=1S/C19H13F3N2O5.C2H4O2/c20-19(21,22)12-5-3-6-13(9-12)24-18(28)14(17(27)23-24)8-11-4-1-2-7-15(11)29-10-16(25)26;1-2(3)4/h1-9H,10H2,(H,23,27)(H,25,26);1H3,(H,3,4). The number of hydrazine groups is 1. The first kappa shape index (κ1) is 24.9. The van der Waals surface area contributed by atoms with Gasteiger partial charge in [0.2, 0.25) is 0 Å². The number of carbonyl (C=O) groups is 4. The summed E-state index contributed by atoms with van der Waals surface area (Å²) in [4.78, 5) is 44.5. The largest absolute Gasteiger partial charge is 0.481 e. The van der Waals surface area contributed by atoms with Gasteiger partial charge in [0.05, 0.1) is 11.3 Å². The number of nitrogens with zero attached hydrogens (tertiary/aromatic N) is 1. The van der Waals surface area contributed by atoms with Crippen LogP contribution in [0.1, 0.15) is 18.1 Å². The zero-order valence-electron chi connectivity index (χ0n) is 16.9. The highest BCUT2D eigenvalue weighted by Crippen LogP contribution is 2.32.